The standard InChI is InChI=1S/C23H33FN2O5S/c1-16(18-7-8-19(24)21(13-18)31-14-17-5-6-17)15-32(29,30)12-4-2-3-11-25-20-9-10-22(27)26-23(20)28/h7-8,13,16-17,20,25H,2-6,9-12,14-15H2,1H3,(H,26,27,28)/t16-,20?/m0/s1. The van der Waals surface area contributed by atoms with E-state index in [9.17, 15) is 22.4 Å². The average Bonchev–Trinajstić information content (AvgIpc) is 3.55. The highest BCUT2D eigenvalue weighted by Gasteiger charge is 2.26. The van der Waals surface area contributed by atoms with Crippen LogP contribution >= 0.6 is 0 Å². The SMILES string of the molecule is C[C@@H](CS(=O)(=O)CCCCCNC1CCC(=O)NC1=O)c1ccc(F)c(OCC2CC2)c1. The fourth-order valence-corrected chi connectivity index (χ4v) is 5.54. The van der Waals surface area contributed by atoms with Gasteiger partial charge < -0.3 is 10.1 Å². The number of sulfone groups is 1. The van der Waals surface area contributed by atoms with Crippen molar-refractivity contribution in [3.05, 3.63) is 29.6 Å². The summed E-state index contributed by atoms with van der Waals surface area (Å²) in [5.41, 5.74) is 0.759. The van der Waals surface area contributed by atoms with E-state index in [1.165, 1.54) is 6.07 Å². The zero-order chi connectivity index (χ0) is 23.1. The van der Waals surface area contributed by atoms with Gasteiger partial charge in [0.1, 0.15) is 0 Å². The second-order valence-corrected chi connectivity index (χ2v) is 11.2. The number of nitrogens with one attached hydrogen (secondary N) is 2. The molecule has 1 unspecified atom stereocenters. The molecule has 1 heterocycles. The molecule has 32 heavy (non-hydrogen) atoms. The Kier molecular flexibility index (Phi) is 8.64. The van der Waals surface area contributed by atoms with Gasteiger partial charge in [0.25, 0.3) is 0 Å². The highest BCUT2D eigenvalue weighted by Crippen LogP contribution is 2.31. The van der Waals surface area contributed by atoms with Crippen LogP contribution in [-0.4, -0.2) is 50.9 Å². The van der Waals surface area contributed by atoms with Crippen LogP contribution in [0.3, 0.4) is 0 Å². The van der Waals surface area contributed by atoms with E-state index in [2.05, 4.69) is 10.6 Å². The molecular formula is C23H33FN2O5S. The van der Waals surface area contributed by atoms with Gasteiger partial charge in [-0.15, -0.1) is 0 Å². The molecule has 178 valence electrons. The van der Waals surface area contributed by atoms with Gasteiger partial charge in [0.15, 0.2) is 21.4 Å². The van der Waals surface area contributed by atoms with Crippen LogP contribution in [0.4, 0.5) is 4.39 Å². The zero-order valence-electron chi connectivity index (χ0n) is 18.6. The summed E-state index contributed by atoms with van der Waals surface area (Å²) in [5, 5.41) is 5.42. The lowest BCUT2D eigenvalue weighted by molar-refractivity contribution is -0.134. The van der Waals surface area contributed by atoms with Crippen molar-refractivity contribution >= 4 is 21.7 Å². The Morgan fingerprint density at radius 1 is 1.19 bits per heavy atom. The first kappa shape index (κ1) is 24.6. The maximum Gasteiger partial charge on any atom is 0.243 e. The molecule has 2 atom stereocenters. The molecule has 1 aromatic rings. The highest BCUT2D eigenvalue weighted by atomic mass is 32.2. The summed E-state index contributed by atoms with van der Waals surface area (Å²) in [6, 6.07) is 4.24. The minimum absolute atomic E-state index is 0.00915. The number of hydrogen-bond donors (Lipinski definition) is 2. The average molecular weight is 469 g/mol. The molecule has 2 aliphatic rings. The monoisotopic (exact) mass is 468 g/mol. The number of hydrogen-bond acceptors (Lipinski definition) is 6. The first-order valence-corrected chi connectivity index (χ1v) is 13.3. The molecule has 1 aromatic carbocycles. The summed E-state index contributed by atoms with van der Waals surface area (Å²) < 4.78 is 44.6. The van der Waals surface area contributed by atoms with E-state index in [1.54, 1.807) is 12.1 Å². The van der Waals surface area contributed by atoms with Gasteiger partial charge in [0.2, 0.25) is 11.8 Å². The summed E-state index contributed by atoms with van der Waals surface area (Å²) >= 11 is 0. The third kappa shape index (κ3) is 7.85. The van der Waals surface area contributed by atoms with Gasteiger partial charge >= 0.3 is 0 Å². The van der Waals surface area contributed by atoms with Crippen molar-refractivity contribution in [1.82, 2.24) is 10.6 Å². The number of imide groups is 1. The largest absolute Gasteiger partial charge is 0.490 e. The Bertz CT molecular complexity index is 917. The fourth-order valence-electron chi connectivity index (χ4n) is 3.78. The normalized spacial score (nSPS) is 20.1. The van der Waals surface area contributed by atoms with Crippen LogP contribution in [0.5, 0.6) is 5.75 Å². The molecule has 1 saturated heterocycles. The molecule has 0 radical (unpaired) electrons. The molecule has 2 amide bonds. The maximum atomic E-state index is 14.0. The third-order valence-electron chi connectivity index (χ3n) is 5.96. The lowest BCUT2D eigenvalue weighted by Gasteiger charge is -2.21. The van der Waals surface area contributed by atoms with E-state index in [4.69, 9.17) is 4.74 Å². The highest BCUT2D eigenvalue weighted by molar-refractivity contribution is 7.91. The predicted octanol–water partition coefficient (Wildman–Crippen LogP) is 2.70. The van der Waals surface area contributed by atoms with Crippen molar-refractivity contribution in [1.29, 1.82) is 0 Å². The predicted molar refractivity (Wildman–Crippen MR) is 120 cm³/mol. The van der Waals surface area contributed by atoms with Gasteiger partial charge in [-0.2, -0.15) is 0 Å². The second-order valence-electron chi connectivity index (χ2n) is 8.98. The molecule has 0 bridgehead atoms. The van der Waals surface area contributed by atoms with Crippen LogP contribution in [0.2, 0.25) is 0 Å². The van der Waals surface area contributed by atoms with Crippen LogP contribution in [0.15, 0.2) is 18.2 Å². The van der Waals surface area contributed by atoms with Gasteiger partial charge in [-0.1, -0.05) is 19.4 Å². The maximum absolute atomic E-state index is 14.0. The molecule has 7 nitrogen and oxygen atoms in total. The molecular weight excluding hydrogens is 435 g/mol. The topological polar surface area (TPSA) is 102 Å². The van der Waals surface area contributed by atoms with Crippen molar-refractivity contribution in [2.24, 2.45) is 5.92 Å². The first-order valence-electron chi connectivity index (χ1n) is 11.4. The van der Waals surface area contributed by atoms with Crippen molar-refractivity contribution in [3.8, 4) is 5.75 Å². The van der Waals surface area contributed by atoms with Gasteiger partial charge in [-0.25, -0.2) is 12.8 Å². The van der Waals surface area contributed by atoms with Crippen molar-refractivity contribution < 1.29 is 27.1 Å². The van der Waals surface area contributed by atoms with Crippen LogP contribution in [0.25, 0.3) is 0 Å². The second kappa shape index (κ2) is 11.2. The van der Waals surface area contributed by atoms with Gasteiger partial charge in [0, 0.05) is 6.42 Å². The summed E-state index contributed by atoms with van der Waals surface area (Å²) in [5.74, 6) is -0.391. The Hall–Kier alpha value is -2.00. The van der Waals surface area contributed by atoms with Gasteiger partial charge in [-0.3, -0.25) is 14.9 Å². The molecule has 9 heteroatoms. The Labute approximate surface area is 189 Å². The number of rotatable bonds is 13. The van der Waals surface area contributed by atoms with Crippen molar-refractivity contribution in [2.75, 3.05) is 24.7 Å². The molecule has 1 aliphatic heterocycles. The Balaban J connectivity index is 1.36. The molecule has 2 fully saturated rings. The number of halogens is 1. The Morgan fingerprint density at radius 2 is 1.97 bits per heavy atom. The lowest BCUT2D eigenvalue weighted by atomic mass is 10.0. The van der Waals surface area contributed by atoms with E-state index < -0.39 is 15.7 Å². The molecule has 0 aromatic heterocycles. The van der Waals surface area contributed by atoms with Gasteiger partial charge in [0.05, 0.1) is 24.2 Å². The van der Waals surface area contributed by atoms with Crippen LogP contribution in [0, 0.1) is 11.7 Å². The fraction of sp³-hybridized carbons (Fsp3) is 0.652. The number of ether oxygens (including phenoxy) is 1. The number of unbranched alkanes of at least 4 members (excludes halogenated alkanes) is 2. The minimum Gasteiger partial charge on any atom is -0.490 e. The number of benzene rings is 1. The number of amides is 2. The van der Waals surface area contributed by atoms with E-state index in [-0.39, 0.29) is 41.0 Å². The van der Waals surface area contributed by atoms with E-state index in [0.717, 1.165) is 31.2 Å². The van der Waals surface area contributed by atoms with Crippen molar-refractivity contribution in [2.45, 2.75) is 63.8 Å². The quantitative estimate of drug-likeness (QED) is 0.341. The molecule has 0 spiro atoms. The van der Waals surface area contributed by atoms with E-state index >= 15 is 0 Å². The number of piperidine rings is 1. The Morgan fingerprint density at radius 3 is 2.69 bits per heavy atom. The molecule has 1 aliphatic carbocycles. The summed E-state index contributed by atoms with van der Waals surface area (Å²) in [6.07, 6.45) is 5.08. The lowest BCUT2D eigenvalue weighted by Crippen LogP contribution is -2.50. The minimum atomic E-state index is -3.25. The number of carbonyl (C=O) groups excluding carboxylic acids is 2. The van der Waals surface area contributed by atoms with Gasteiger partial charge in [-0.05, 0) is 68.2 Å². The first-order chi connectivity index (χ1) is 15.2. The van der Waals surface area contributed by atoms with E-state index in [1.807, 2.05) is 6.92 Å². The number of carbonyl (C=O) groups is 2. The zero-order valence-corrected chi connectivity index (χ0v) is 19.4. The molecule has 1 saturated carbocycles. The van der Waals surface area contributed by atoms with Crippen LogP contribution < -0.4 is 15.4 Å². The molecule has 2 N–H and O–H groups in total. The smallest absolute Gasteiger partial charge is 0.243 e. The van der Waals surface area contributed by atoms with Crippen LogP contribution in [-0.2, 0) is 19.4 Å². The summed E-state index contributed by atoms with van der Waals surface area (Å²) in [7, 11) is -3.25. The molecule has 3 rings (SSSR count). The van der Waals surface area contributed by atoms with E-state index in [0.29, 0.717) is 38.3 Å². The van der Waals surface area contributed by atoms with Crippen molar-refractivity contribution in [3.63, 3.8) is 0 Å². The third-order valence-corrected chi connectivity index (χ3v) is 7.88. The summed E-state index contributed by atoms with van der Waals surface area (Å²) in [4.78, 5) is 22.8. The summed E-state index contributed by atoms with van der Waals surface area (Å²) in [6.45, 7) is 2.94. The van der Waals surface area contributed by atoms with Crippen LogP contribution in [0.1, 0.15) is 63.4 Å².